The van der Waals surface area contributed by atoms with Gasteiger partial charge in [0.15, 0.2) is 9.84 Å². The molecule has 1 atom stereocenters. The summed E-state index contributed by atoms with van der Waals surface area (Å²) in [5.74, 6) is 0.466. The van der Waals surface area contributed by atoms with Gasteiger partial charge in [-0.3, -0.25) is 14.6 Å². The zero-order valence-electron chi connectivity index (χ0n) is 17.3. The molecule has 0 radical (unpaired) electrons. The Morgan fingerprint density at radius 2 is 1.93 bits per heavy atom. The number of rotatable bonds is 8. The zero-order valence-corrected chi connectivity index (χ0v) is 18.1. The van der Waals surface area contributed by atoms with Crippen LogP contribution in [-0.4, -0.2) is 93.1 Å². The minimum Gasteiger partial charge on any atom is -0.379 e. The number of carbonyl (C=O) groups is 1. The molecule has 28 heavy (non-hydrogen) atoms. The summed E-state index contributed by atoms with van der Waals surface area (Å²) in [6.07, 6.45) is 7.54. The van der Waals surface area contributed by atoms with Crippen LogP contribution >= 0.6 is 0 Å². The van der Waals surface area contributed by atoms with Crippen LogP contribution in [-0.2, 0) is 19.4 Å². The van der Waals surface area contributed by atoms with Crippen molar-refractivity contribution in [3.8, 4) is 0 Å². The van der Waals surface area contributed by atoms with Crippen LogP contribution < -0.4 is 5.32 Å². The highest BCUT2D eigenvalue weighted by molar-refractivity contribution is 7.91. The van der Waals surface area contributed by atoms with E-state index in [9.17, 15) is 13.2 Å². The lowest BCUT2D eigenvalue weighted by molar-refractivity contribution is -0.124. The van der Waals surface area contributed by atoms with Crippen molar-refractivity contribution >= 4 is 15.7 Å². The minimum absolute atomic E-state index is 0.0152. The van der Waals surface area contributed by atoms with Crippen LogP contribution in [0.1, 0.15) is 51.9 Å². The van der Waals surface area contributed by atoms with Crippen LogP contribution in [0.3, 0.4) is 0 Å². The molecule has 1 saturated carbocycles. The van der Waals surface area contributed by atoms with Crippen LogP contribution in [0.2, 0.25) is 0 Å². The summed E-state index contributed by atoms with van der Waals surface area (Å²) in [4.78, 5) is 17.4. The van der Waals surface area contributed by atoms with E-state index < -0.39 is 9.84 Å². The number of nitrogens with zero attached hydrogens (tertiary/aromatic N) is 2. The predicted octanol–water partition coefficient (Wildman–Crippen LogP) is 1.04. The van der Waals surface area contributed by atoms with Crippen LogP contribution in [0.5, 0.6) is 0 Å². The molecule has 0 aromatic carbocycles. The second-order valence-corrected chi connectivity index (χ2v) is 10.9. The van der Waals surface area contributed by atoms with Crippen LogP contribution in [0.15, 0.2) is 0 Å². The third-order valence-electron chi connectivity index (χ3n) is 6.66. The molecule has 3 aliphatic rings. The van der Waals surface area contributed by atoms with E-state index in [0.29, 0.717) is 19.5 Å². The monoisotopic (exact) mass is 415 g/mol. The molecule has 2 heterocycles. The summed E-state index contributed by atoms with van der Waals surface area (Å²) in [6, 6.07) is -0.0152. The van der Waals surface area contributed by atoms with E-state index in [0.717, 1.165) is 52.1 Å². The van der Waals surface area contributed by atoms with Gasteiger partial charge in [-0.05, 0) is 32.2 Å². The van der Waals surface area contributed by atoms with Crippen molar-refractivity contribution in [2.75, 3.05) is 57.4 Å². The maximum Gasteiger partial charge on any atom is 0.234 e. The topological polar surface area (TPSA) is 79.0 Å². The van der Waals surface area contributed by atoms with Gasteiger partial charge in [-0.2, -0.15) is 0 Å². The lowest BCUT2D eigenvalue weighted by Gasteiger charge is -2.48. The van der Waals surface area contributed by atoms with Crippen LogP contribution in [0, 0.1) is 0 Å². The first-order valence-electron chi connectivity index (χ1n) is 11.0. The molecule has 7 nitrogen and oxygen atoms in total. The van der Waals surface area contributed by atoms with Crippen molar-refractivity contribution in [1.82, 2.24) is 15.1 Å². The second-order valence-electron chi connectivity index (χ2n) is 8.69. The van der Waals surface area contributed by atoms with Gasteiger partial charge >= 0.3 is 0 Å². The zero-order chi connectivity index (χ0) is 20.0. The quantitative estimate of drug-likeness (QED) is 0.638. The lowest BCUT2D eigenvalue weighted by atomic mass is 9.79. The summed E-state index contributed by atoms with van der Waals surface area (Å²) < 4.78 is 29.2. The Morgan fingerprint density at radius 3 is 2.54 bits per heavy atom. The third-order valence-corrected chi connectivity index (χ3v) is 8.41. The molecule has 1 amide bonds. The molecular weight excluding hydrogens is 378 g/mol. The third kappa shape index (κ3) is 5.68. The standard InChI is InChI=1S/C20H37N3O4S/c1-2-9-22(18-6-14-28(25,26)16-18)15-19(24)21-17-20(7-4-3-5-8-20)23-10-12-27-13-11-23/h18H,2-17H2,1H3,(H,21,24). The summed E-state index contributed by atoms with van der Waals surface area (Å²) in [5, 5.41) is 3.21. The van der Waals surface area contributed by atoms with Gasteiger partial charge in [-0.15, -0.1) is 0 Å². The smallest absolute Gasteiger partial charge is 0.234 e. The maximum atomic E-state index is 12.8. The molecule has 2 aliphatic heterocycles. The summed E-state index contributed by atoms with van der Waals surface area (Å²) in [7, 11) is -2.94. The second kappa shape index (κ2) is 9.87. The molecule has 162 valence electrons. The van der Waals surface area contributed by atoms with E-state index in [4.69, 9.17) is 4.74 Å². The van der Waals surface area contributed by atoms with Crippen molar-refractivity contribution in [2.24, 2.45) is 0 Å². The Balaban J connectivity index is 1.57. The van der Waals surface area contributed by atoms with Gasteiger partial charge in [0, 0.05) is 31.2 Å². The Morgan fingerprint density at radius 1 is 1.21 bits per heavy atom. The van der Waals surface area contributed by atoms with Crippen LogP contribution in [0.25, 0.3) is 0 Å². The SMILES string of the molecule is CCCN(CC(=O)NCC1(N2CCOCC2)CCCCC1)C1CCS(=O)(=O)C1. The van der Waals surface area contributed by atoms with Gasteiger partial charge in [-0.25, -0.2) is 8.42 Å². The van der Waals surface area contributed by atoms with E-state index in [-0.39, 0.29) is 29.0 Å². The number of carbonyl (C=O) groups excluding carboxylic acids is 1. The molecular formula is C20H37N3O4S. The molecule has 2 saturated heterocycles. The van der Waals surface area contributed by atoms with Gasteiger partial charge < -0.3 is 10.1 Å². The first kappa shape index (κ1) is 22.0. The Kier molecular flexibility index (Phi) is 7.75. The van der Waals surface area contributed by atoms with Crippen molar-refractivity contribution in [1.29, 1.82) is 0 Å². The normalized spacial score (nSPS) is 27.7. The fourth-order valence-corrected chi connectivity index (χ4v) is 6.86. The van der Waals surface area contributed by atoms with Crippen molar-refractivity contribution < 1.29 is 17.9 Å². The maximum absolute atomic E-state index is 12.8. The molecule has 3 fully saturated rings. The number of hydrogen-bond donors (Lipinski definition) is 1. The van der Waals surface area contributed by atoms with Gasteiger partial charge in [0.25, 0.3) is 0 Å². The number of morpholine rings is 1. The molecule has 0 aromatic rings. The number of amides is 1. The van der Waals surface area contributed by atoms with Crippen molar-refractivity contribution in [2.45, 2.75) is 63.5 Å². The van der Waals surface area contributed by atoms with Gasteiger partial charge in [0.05, 0.1) is 31.3 Å². The Hall–Kier alpha value is -0.700. The first-order valence-corrected chi connectivity index (χ1v) is 12.8. The van der Waals surface area contributed by atoms with E-state index >= 15 is 0 Å². The van der Waals surface area contributed by atoms with E-state index in [1.165, 1.54) is 19.3 Å². The number of hydrogen-bond acceptors (Lipinski definition) is 6. The highest BCUT2D eigenvalue weighted by Crippen LogP contribution is 2.33. The molecule has 0 aromatic heterocycles. The molecule has 1 unspecified atom stereocenters. The van der Waals surface area contributed by atoms with Crippen molar-refractivity contribution in [3.63, 3.8) is 0 Å². The van der Waals surface area contributed by atoms with Gasteiger partial charge in [0.1, 0.15) is 0 Å². The minimum atomic E-state index is -2.94. The lowest BCUT2D eigenvalue weighted by Crippen LogP contribution is -2.60. The molecule has 0 bridgehead atoms. The first-order chi connectivity index (χ1) is 13.4. The highest BCUT2D eigenvalue weighted by atomic mass is 32.2. The van der Waals surface area contributed by atoms with Gasteiger partial charge in [-0.1, -0.05) is 26.2 Å². The summed E-state index contributed by atoms with van der Waals surface area (Å²) in [6.45, 7) is 7.26. The van der Waals surface area contributed by atoms with E-state index in [1.54, 1.807) is 0 Å². The van der Waals surface area contributed by atoms with Crippen molar-refractivity contribution in [3.05, 3.63) is 0 Å². The summed E-state index contributed by atoms with van der Waals surface area (Å²) >= 11 is 0. The number of nitrogens with one attached hydrogen (secondary N) is 1. The van der Waals surface area contributed by atoms with E-state index in [1.807, 2.05) is 0 Å². The largest absolute Gasteiger partial charge is 0.379 e. The Bertz CT molecular complexity index is 613. The molecule has 8 heteroatoms. The molecule has 0 spiro atoms. The Labute approximate surface area is 170 Å². The average molecular weight is 416 g/mol. The molecule has 1 N–H and O–H groups in total. The number of ether oxygens (including phenoxy) is 1. The predicted molar refractivity (Wildman–Crippen MR) is 110 cm³/mol. The fourth-order valence-electron chi connectivity index (χ4n) is 5.10. The number of sulfone groups is 1. The average Bonchev–Trinajstić information content (AvgIpc) is 3.07. The summed E-state index contributed by atoms with van der Waals surface area (Å²) in [5.41, 5.74) is 0.0595. The van der Waals surface area contributed by atoms with E-state index in [2.05, 4.69) is 22.0 Å². The molecule has 3 rings (SSSR count). The van der Waals surface area contributed by atoms with Gasteiger partial charge in [0.2, 0.25) is 5.91 Å². The highest BCUT2D eigenvalue weighted by Gasteiger charge is 2.39. The fraction of sp³-hybridized carbons (Fsp3) is 0.950. The molecule has 1 aliphatic carbocycles. The van der Waals surface area contributed by atoms with Crippen LogP contribution in [0.4, 0.5) is 0 Å².